The highest BCUT2D eigenvalue weighted by atomic mass is 16.2. The van der Waals surface area contributed by atoms with Gasteiger partial charge in [0, 0.05) is 44.2 Å². The van der Waals surface area contributed by atoms with Gasteiger partial charge in [0.05, 0.1) is 0 Å². The van der Waals surface area contributed by atoms with Crippen molar-refractivity contribution in [3.05, 3.63) is 34.9 Å². The van der Waals surface area contributed by atoms with Crippen LogP contribution in [0.4, 0.5) is 0 Å². The molecule has 0 aromatic heterocycles. The summed E-state index contributed by atoms with van der Waals surface area (Å²) in [5.41, 5.74) is 8.53. The third-order valence-corrected chi connectivity index (χ3v) is 5.51. The van der Waals surface area contributed by atoms with E-state index in [1.807, 2.05) is 12.1 Å². The van der Waals surface area contributed by atoms with Gasteiger partial charge in [-0.25, -0.2) is 0 Å². The number of likely N-dealkylation sites (tertiary alicyclic amines) is 1. The van der Waals surface area contributed by atoms with E-state index in [4.69, 9.17) is 5.73 Å². The van der Waals surface area contributed by atoms with E-state index >= 15 is 0 Å². The van der Waals surface area contributed by atoms with Crippen molar-refractivity contribution in [2.75, 3.05) is 13.1 Å². The molecular formula is C18H22N4O3. The number of piperidine rings is 1. The Morgan fingerprint density at radius 2 is 2.04 bits per heavy atom. The van der Waals surface area contributed by atoms with E-state index in [0.717, 1.165) is 30.6 Å². The molecule has 132 valence electrons. The number of imide groups is 1. The van der Waals surface area contributed by atoms with E-state index in [9.17, 15) is 14.4 Å². The molecule has 25 heavy (non-hydrogen) atoms. The maximum absolute atomic E-state index is 12.7. The standard InChI is InChI=1S/C18H22N4O3/c19-8-13-5-6-21(13)9-11-1-2-14-12(7-11)10-22(18(14)25)15-3-4-16(23)20-17(15)24/h1-2,7,13,15H,3-6,8-10,19H2,(H,20,23,24). The summed E-state index contributed by atoms with van der Waals surface area (Å²) in [7, 11) is 0. The van der Waals surface area contributed by atoms with Gasteiger partial charge in [-0.15, -0.1) is 0 Å². The normalized spacial score (nSPS) is 26.4. The van der Waals surface area contributed by atoms with Crippen molar-refractivity contribution in [1.82, 2.24) is 15.1 Å². The molecule has 1 aromatic rings. The van der Waals surface area contributed by atoms with Gasteiger partial charge in [0.2, 0.25) is 11.8 Å². The van der Waals surface area contributed by atoms with Crippen molar-refractivity contribution < 1.29 is 14.4 Å². The second-order valence-corrected chi connectivity index (χ2v) is 7.04. The Hall–Kier alpha value is -2.25. The van der Waals surface area contributed by atoms with Crippen LogP contribution in [0, 0.1) is 0 Å². The van der Waals surface area contributed by atoms with Crippen LogP contribution >= 0.6 is 0 Å². The monoisotopic (exact) mass is 342 g/mol. The largest absolute Gasteiger partial charge is 0.329 e. The number of fused-ring (bicyclic) bond motifs is 1. The highest BCUT2D eigenvalue weighted by Gasteiger charge is 2.39. The first-order valence-corrected chi connectivity index (χ1v) is 8.77. The van der Waals surface area contributed by atoms with Crippen LogP contribution < -0.4 is 11.1 Å². The number of amides is 3. The highest BCUT2D eigenvalue weighted by molar-refractivity contribution is 6.05. The third-order valence-electron chi connectivity index (χ3n) is 5.51. The molecule has 3 aliphatic heterocycles. The van der Waals surface area contributed by atoms with Crippen molar-refractivity contribution in [2.45, 2.75) is 44.4 Å². The van der Waals surface area contributed by atoms with Gasteiger partial charge in [-0.05, 0) is 30.0 Å². The lowest BCUT2D eigenvalue weighted by Gasteiger charge is -2.40. The Balaban J connectivity index is 1.49. The number of nitrogens with one attached hydrogen (secondary N) is 1. The Labute approximate surface area is 146 Å². The summed E-state index contributed by atoms with van der Waals surface area (Å²) in [6, 6.07) is 5.80. The van der Waals surface area contributed by atoms with E-state index < -0.39 is 6.04 Å². The van der Waals surface area contributed by atoms with Crippen LogP contribution in [0.5, 0.6) is 0 Å². The summed E-state index contributed by atoms with van der Waals surface area (Å²) in [6.07, 6.45) is 1.81. The third kappa shape index (κ3) is 2.83. The molecule has 3 N–H and O–H groups in total. The lowest BCUT2D eigenvalue weighted by molar-refractivity contribution is -0.136. The summed E-state index contributed by atoms with van der Waals surface area (Å²) in [4.78, 5) is 40.0. The number of hydrogen-bond acceptors (Lipinski definition) is 5. The quantitative estimate of drug-likeness (QED) is 0.750. The topological polar surface area (TPSA) is 95.7 Å². The smallest absolute Gasteiger partial charge is 0.255 e. The minimum atomic E-state index is -0.557. The second-order valence-electron chi connectivity index (χ2n) is 7.04. The number of carbonyl (C=O) groups is 3. The Bertz CT molecular complexity index is 746. The molecular weight excluding hydrogens is 320 g/mol. The summed E-state index contributed by atoms with van der Waals surface area (Å²) >= 11 is 0. The van der Waals surface area contributed by atoms with Gasteiger partial charge in [-0.1, -0.05) is 12.1 Å². The maximum Gasteiger partial charge on any atom is 0.255 e. The van der Waals surface area contributed by atoms with Gasteiger partial charge >= 0.3 is 0 Å². The zero-order chi connectivity index (χ0) is 17.6. The number of carbonyl (C=O) groups excluding carboxylic acids is 3. The summed E-state index contributed by atoms with van der Waals surface area (Å²) in [6.45, 7) is 2.99. The first-order chi connectivity index (χ1) is 12.1. The molecule has 3 aliphatic rings. The average Bonchev–Trinajstić information content (AvgIpc) is 2.88. The van der Waals surface area contributed by atoms with Crippen LogP contribution in [0.2, 0.25) is 0 Å². The summed E-state index contributed by atoms with van der Waals surface area (Å²) in [5.74, 6) is -0.763. The number of nitrogens with two attached hydrogens (primary N) is 1. The minimum Gasteiger partial charge on any atom is -0.329 e. The van der Waals surface area contributed by atoms with Gasteiger partial charge in [-0.2, -0.15) is 0 Å². The van der Waals surface area contributed by atoms with Crippen molar-refractivity contribution in [1.29, 1.82) is 0 Å². The number of benzene rings is 1. The average molecular weight is 342 g/mol. The van der Waals surface area contributed by atoms with E-state index in [1.54, 1.807) is 4.90 Å². The van der Waals surface area contributed by atoms with Gasteiger partial charge < -0.3 is 10.6 Å². The zero-order valence-corrected chi connectivity index (χ0v) is 14.0. The van der Waals surface area contributed by atoms with Gasteiger partial charge in [0.25, 0.3) is 5.91 Å². The minimum absolute atomic E-state index is 0.125. The van der Waals surface area contributed by atoms with Crippen LogP contribution in [0.25, 0.3) is 0 Å². The van der Waals surface area contributed by atoms with Crippen molar-refractivity contribution in [3.63, 3.8) is 0 Å². The fraction of sp³-hybridized carbons (Fsp3) is 0.500. The van der Waals surface area contributed by atoms with E-state index in [-0.39, 0.29) is 24.1 Å². The molecule has 0 spiro atoms. The molecule has 7 heteroatoms. The Morgan fingerprint density at radius 3 is 2.72 bits per heavy atom. The van der Waals surface area contributed by atoms with Crippen LogP contribution in [-0.2, 0) is 22.7 Å². The van der Waals surface area contributed by atoms with Gasteiger partial charge in [0.15, 0.2) is 0 Å². The molecule has 7 nitrogen and oxygen atoms in total. The summed E-state index contributed by atoms with van der Waals surface area (Å²) in [5, 5.41) is 2.33. The molecule has 0 radical (unpaired) electrons. The zero-order valence-electron chi connectivity index (χ0n) is 14.0. The molecule has 2 atom stereocenters. The fourth-order valence-electron chi connectivity index (χ4n) is 3.93. The van der Waals surface area contributed by atoms with Crippen molar-refractivity contribution >= 4 is 17.7 Å². The molecule has 0 saturated carbocycles. The molecule has 0 aliphatic carbocycles. The van der Waals surface area contributed by atoms with Crippen molar-refractivity contribution in [2.24, 2.45) is 5.73 Å². The van der Waals surface area contributed by atoms with E-state index in [2.05, 4.69) is 16.3 Å². The molecule has 0 bridgehead atoms. The molecule has 2 fully saturated rings. The lowest BCUT2D eigenvalue weighted by Crippen LogP contribution is -2.52. The second kappa shape index (κ2) is 6.24. The van der Waals surface area contributed by atoms with E-state index in [0.29, 0.717) is 31.1 Å². The number of nitrogens with zero attached hydrogens (tertiary/aromatic N) is 2. The summed E-state index contributed by atoms with van der Waals surface area (Å²) < 4.78 is 0. The van der Waals surface area contributed by atoms with Crippen LogP contribution in [-0.4, -0.2) is 52.7 Å². The first-order valence-electron chi connectivity index (χ1n) is 8.77. The van der Waals surface area contributed by atoms with Crippen LogP contribution in [0.1, 0.15) is 40.7 Å². The molecule has 3 amide bonds. The predicted octanol–water partition coefficient (Wildman–Crippen LogP) is -0.0194. The van der Waals surface area contributed by atoms with Crippen LogP contribution in [0.15, 0.2) is 18.2 Å². The number of rotatable bonds is 4. The van der Waals surface area contributed by atoms with E-state index in [1.165, 1.54) is 0 Å². The van der Waals surface area contributed by atoms with Gasteiger partial charge in [0.1, 0.15) is 6.04 Å². The number of hydrogen-bond donors (Lipinski definition) is 2. The lowest BCUT2D eigenvalue weighted by atomic mass is 10.0. The molecule has 1 aromatic carbocycles. The van der Waals surface area contributed by atoms with Gasteiger partial charge in [-0.3, -0.25) is 24.6 Å². The van der Waals surface area contributed by atoms with Crippen molar-refractivity contribution in [3.8, 4) is 0 Å². The Kier molecular flexibility index (Phi) is 4.05. The first kappa shape index (κ1) is 16.2. The predicted molar refractivity (Wildman–Crippen MR) is 90.4 cm³/mol. The fourth-order valence-corrected chi connectivity index (χ4v) is 3.93. The molecule has 4 rings (SSSR count). The SMILES string of the molecule is NCC1CCN1Cc1ccc2c(c1)CN(C1CCC(=O)NC1=O)C2=O. The maximum atomic E-state index is 12.7. The molecule has 2 unspecified atom stereocenters. The van der Waals surface area contributed by atoms with Crippen LogP contribution in [0.3, 0.4) is 0 Å². The molecule has 2 saturated heterocycles. The Morgan fingerprint density at radius 1 is 1.20 bits per heavy atom. The molecule has 3 heterocycles. The highest BCUT2D eigenvalue weighted by Crippen LogP contribution is 2.29.